The highest BCUT2D eigenvalue weighted by molar-refractivity contribution is 5.88. The van der Waals surface area contributed by atoms with E-state index in [9.17, 15) is 19.2 Å². The Morgan fingerprint density at radius 3 is 1.97 bits per heavy atom. The predicted octanol–water partition coefficient (Wildman–Crippen LogP) is 2.42. The molecule has 9 heteroatoms. The normalized spacial score (nSPS) is 12.7. The number of rotatable bonds is 4. The Kier molecular flexibility index (Phi) is 7.39. The van der Waals surface area contributed by atoms with Gasteiger partial charge in [-0.3, -0.25) is 19.7 Å². The summed E-state index contributed by atoms with van der Waals surface area (Å²) in [7, 11) is 0. The maximum atomic E-state index is 12.7. The number of carbonyl (C=O) groups is 2. The molecule has 0 fully saturated rings. The number of aromatic nitrogens is 2. The third kappa shape index (κ3) is 7.04. The molecule has 2 amide bonds. The second kappa shape index (κ2) is 10.3. The number of ether oxygens (including phenoxy) is 1. The average Bonchev–Trinajstić information content (AvgIpc) is 2.76. The summed E-state index contributed by atoms with van der Waals surface area (Å²) in [5, 5.41) is 5.56. The van der Waals surface area contributed by atoms with Crippen molar-refractivity contribution in [1.82, 2.24) is 9.97 Å². The Morgan fingerprint density at radius 1 is 0.829 bits per heavy atom. The van der Waals surface area contributed by atoms with Gasteiger partial charge in [-0.25, -0.2) is 4.79 Å². The molecule has 0 aliphatic heterocycles. The van der Waals surface area contributed by atoms with Gasteiger partial charge in [-0.2, -0.15) is 0 Å². The van der Waals surface area contributed by atoms with E-state index in [0.29, 0.717) is 28.1 Å². The molecule has 0 bridgehead atoms. The summed E-state index contributed by atoms with van der Waals surface area (Å²) in [6, 6.07) is 13.7. The first kappa shape index (κ1) is 25.2. The van der Waals surface area contributed by atoms with E-state index in [-0.39, 0.29) is 16.6 Å². The van der Waals surface area contributed by atoms with Crippen molar-refractivity contribution in [2.45, 2.75) is 40.2 Å². The van der Waals surface area contributed by atoms with Crippen LogP contribution in [0.3, 0.4) is 0 Å². The first-order chi connectivity index (χ1) is 16.4. The number of nitrogens with one attached hydrogen (secondary N) is 4. The molecule has 0 radical (unpaired) electrons. The molecule has 0 aliphatic carbocycles. The summed E-state index contributed by atoms with van der Waals surface area (Å²) in [5.74, 6) is -0.182. The quantitative estimate of drug-likeness (QED) is 0.459. The molecule has 1 heterocycles. The van der Waals surface area contributed by atoms with Crippen molar-refractivity contribution >= 4 is 35.0 Å². The van der Waals surface area contributed by atoms with Crippen LogP contribution in [0.2, 0.25) is 0 Å². The van der Waals surface area contributed by atoms with Gasteiger partial charge in [0.2, 0.25) is 5.91 Å². The molecule has 9 nitrogen and oxygen atoms in total. The van der Waals surface area contributed by atoms with Crippen LogP contribution in [-0.2, 0) is 9.53 Å². The average molecular weight is 477 g/mol. The van der Waals surface area contributed by atoms with E-state index in [1.807, 2.05) is 0 Å². The molecule has 0 spiro atoms. The van der Waals surface area contributed by atoms with Crippen molar-refractivity contribution in [3.05, 3.63) is 91.1 Å². The molecule has 2 aromatic carbocycles. The van der Waals surface area contributed by atoms with Gasteiger partial charge in [-0.1, -0.05) is 24.3 Å². The van der Waals surface area contributed by atoms with Crippen LogP contribution in [0.15, 0.2) is 58.1 Å². The van der Waals surface area contributed by atoms with Gasteiger partial charge < -0.3 is 20.0 Å². The van der Waals surface area contributed by atoms with E-state index >= 15 is 0 Å². The van der Waals surface area contributed by atoms with Crippen molar-refractivity contribution in [2.24, 2.45) is 0 Å². The lowest BCUT2D eigenvalue weighted by atomic mass is 10.1. The van der Waals surface area contributed by atoms with Crippen LogP contribution >= 0.6 is 0 Å². The van der Waals surface area contributed by atoms with E-state index in [4.69, 9.17) is 4.74 Å². The fraction of sp³-hybridized carbons (Fsp3) is 0.231. The number of hydrogen-bond donors (Lipinski definition) is 4. The Balaban J connectivity index is 1.88. The largest absolute Gasteiger partial charge is 0.444 e. The number of amides is 2. The van der Waals surface area contributed by atoms with Gasteiger partial charge in [0.15, 0.2) is 0 Å². The van der Waals surface area contributed by atoms with Gasteiger partial charge in [0.05, 0.1) is 0 Å². The van der Waals surface area contributed by atoms with Crippen molar-refractivity contribution < 1.29 is 14.3 Å². The third-order valence-electron chi connectivity index (χ3n) is 4.84. The minimum Gasteiger partial charge on any atom is -0.444 e. The van der Waals surface area contributed by atoms with Crippen molar-refractivity contribution in [3.63, 3.8) is 0 Å². The monoisotopic (exact) mass is 476 g/mol. The predicted molar refractivity (Wildman–Crippen MR) is 136 cm³/mol. The zero-order valence-electron chi connectivity index (χ0n) is 20.2. The third-order valence-corrected chi connectivity index (χ3v) is 4.84. The van der Waals surface area contributed by atoms with Crippen LogP contribution in [0.25, 0.3) is 11.6 Å². The molecule has 0 aliphatic rings. The molecule has 35 heavy (non-hydrogen) atoms. The van der Waals surface area contributed by atoms with E-state index in [1.165, 1.54) is 6.92 Å². The summed E-state index contributed by atoms with van der Waals surface area (Å²) in [4.78, 5) is 53.7. The highest BCUT2D eigenvalue weighted by atomic mass is 16.6. The van der Waals surface area contributed by atoms with Crippen molar-refractivity contribution in [2.75, 3.05) is 10.6 Å². The molecule has 0 saturated carbocycles. The minimum absolute atomic E-state index is 0.107. The topological polar surface area (TPSA) is 133 Å². The van der Waals surface area contributed by atoms with E-state index in [1.54, 1.807) is 82.3 Å². The molecule has 3 aromatic rings. The van der Waals surface area contributed by atoms with E-state index < -0.39 is 22.8 Å². The second-order valence-electron chi connectivity index (χ2n) is 8.97. The summed E-state index contributed by atoms with van der Waals surface area (Å²) in [6.07, 6.45) is 0.983. The molecule has 0 saturated heterocycles. The first-order valence-electron chi connectivity index (χ1n) is 10.9. The lowest BCUT2D eigenvalue weighted by Gasteiger charge is -2.19. The van der Waals surface area contributed by atoms with Crippen LogP contribution in [0.5, 0.6) is 0 Å². The Hall–Kier alpha value is -4.40. The molecule has 182 valence electrons. The Labute approximate surface area is 201 Å². The van der Waals surface area contributed by atoms with Crippen LogP contribution < -0.4 is 32.5 Å². The first-order valence-corrected chi connectivity index (χ1v) is 10.9. The SMILES string of the molecule is CC(=O)Nc1ccc(/C=c2\[nH]c(=O)/c(=C(\C)c3ccc(NC(=O)OC(C)(C)C)cc3)[nH]c2=O)cc1. The van der Waals surface area contributed by atoms with Gasteiger partial charge in [0.25, 0.3) is 11.1 Å². The Bertz CT molecular complexity index is 1480. The standard InChI is InChI=1S/C26H28N4O5/c1-15(18-8-12-20(13-9-18)28-25(34)35-26(3,4)5)22-24(33)29-21(23(32)30-22)14-17-6-10-19(11-7-17)27-16(2)31/h6-14H,1-5H3,(H,27,31)(H,28,34)(H,29,33)(H,30,32)/b21-14-,22-15-. The smallest absolute Gasteiger partial charge is 0.412 e. The van der Waals surface area contributed by atoms with Gasteiger partial charge in [0.1, 0.15) is 16.3 Å². The molecule has 0 unspecified atom stereocenters. The maximum Gasteiger partial charge on any atom is 0.412 e. The second-order valence-corrected chi connectivity index (χ2v) is 8.97. The van der Waals surface area contributed by atoms with Gasteiger partial charge in [-0.05, 0) is 74.7 Å². The summed E-state index contributed by atoms with van der Waals surface area (Å²) in [5.41, 5.74) is 1.61. The lowest BCUT2D eigenvalue weighted by Crippen LogP contribution is -2.47. The van der Waals surface area contributed by atoms with Gasteiger partial charge in [0, 0.05) is 18.3 Å². The molecule has 0 atom stereocenters. The summed E-state index contributed by atoms with van der Waals surface area (Å²) < 4.78 is 5.23. The summed E-state index contributed by atoms with van der Waals surface area (Å²) in [6.45, 7) is 8.47. The van der Waals surface area contributed by atoms with Crippen molar-refractivity contribution in [3.8, 4) is 0 Å². The summed E-state index contributed by atoms with van der Waals surface area (Å²) >= 11 is 0. The number of H-pyrrole nitrogens is 2. The minimum atomic E-state index is -0.610. The molecule has 4 N–H and O–H groups in total. The van der Waals surface area contributed by atoms with E-state index in [0.717, 1.165) is 0 Å². The number of anilines is 2. The highest BCUT2D eigenvalue weighted by Crippen LogP contribution is 2.16. The fourth-order valence-corrected chi connectivity index (χ4v) is 3.25. The molecular formula is C26H28N4O5. The molecular weight excluding hydrogens is 448 g/mol. The van der Waals surface area contributed by atoms with Crippen LogP contribution in [0.1, 0.15) is 45.7 Å². The Morgan fingerprint density at radius 2 is 1.40 bits per heavy atom. The number of hydrogen-bond acceptors (Lipinski definition) is 5. The van der Waals surface area contributed by atoms with Crippen LogP contribution in [0.4, 0.5) is 16.2 Å². The van der Waals surface area contributed by atoms with Crippen molar-refractivity contribution in [1.29, 1.82) is 0 Å². The maximum absolute atomic E-state index is 12.7. The highest BCUT2D eigenvalue weighted by Gasteiger charge is 2.16. The zero-order valence-corrected chi connectivity index (χ0v) is 20.2. The number of carbonyl (C=O) groups excluding carboxylic acids is 2. The molecule has 1 aromatic heterocycles. The fourth-order valence-electron chi connectivity index (χ4n) is 3.25. The molecule has 3 rings (SSSR count). The number of aromatic amines is 2. The van der Waals surface area contributed by atoms with Gasteiger partial charge >= 0.3 is 6.09 Å². The van der Waals surface area contributed by atoms with Crippen LogP contribution in [-0.4, -0.2) is 27.6 Å². The van der Waals surface area contributed by atoms with Gasteiger partial charge in [-0.15, -0.1) is 0 Å². The van der Waals surface area contributed by atoms with Crippen LogP contribution in [0, 0.1) is 0 Å². The lowest BCUT2D eigenvalue weighted by molar-refractivity contribution is -0.114. The number of benzene rings is 2. The van der Waals surface area contributed by atoms with E-state index in [2.05, 4.69) is 20.6 Å². The zero-order chi connectivity index (χ0) is 25.8.